The molecule has 0 aliphatic rings. The predicted molar refractivity (Wildman–Crippen MR) is 102 cm³/mol. The number of hydrogen-bond acceptors (Lipinski definition) is 4. The Bertz CT molecular complexity index is 628. The van der Waals surface area contributed by atoms with Gasteiger partial charge in [0.15, 0.2) is 0 Å². The number of nitrogens with one attached hydrogen (secondary N) is 3. The molecule has 2 amide bonds. The van der Waals surface area contributed by atoms with E-state index in [0.717, 1.165) is 18.4 Å². The zero-order chi connectivity index (χ0) is 19.5. The maximum absolute atomic E-state index is 12.6. The zero-order valence-electron chi connectivity index (χ0n) is 15.4. The van der Waals surface area contributed by atoms with Crippen molar-refractivity contribution in [2.75, 3.05) is 6.61 Å². The number of amidine groups is 1. The summed E-state index contributed by atoms with van der Waals surface area (Å²) in [5.41, 5.74) is 6.88. The zero-order valence-corrected chi connectivity index (χ0v) is 15.4. The van der Waals surface area contributed by atoms with Gasteiger partial charge in [0.25, 0.3) is 0 Å². The van der Waals surface area contributed by atoms with Crippen LogP contribution in [-0.2, 0) is 16.0 Å². The van der Waals surface area contributed by atoms with E-state index in [0.29, 0.717) is 12.0 Å². The molecule has 2 atom stereocenters. The number of hydrogen-bond donors (Lipinski definition) is 4. The summed E-state index contributed by atoms with van der Waals surface area (Å²) >= 11 is 0. The number of ether oxygens (including phenoxy) is 1. The van der Waals surface area contributed by atoms with Crippen LogP contribution in [0.4, 0.5) is 4.79 Å². The second-order valence-corrected chi connectivity index (χ2v) is 6.10. The smallest absolute Gasteiger partial charge is 0.408 e. The van der Waals surface area contributed by atoms with Crippen LogP contribution in [0.5, 0.6) is 0 Å². The number of nitrogens with two attached hydrogens (primary N) is 1. The molecule has 0 aliphatic carbocycles. The second-order valence-electron chi connectivity index (χ2n) is 6.10. The summed E-state index contributed by atoms with van der Waals surface area (Å²) in [5.74, 6) is -0.289. The second kappa shape index (κ2) is 10.9. The lowest BCUT2D eigenvalue weighted by Crippen LogP contribution is -2.50. The molecule has 0 radical (unpaired) electrons. The largest absolute Gasteiger partial charge is 0.445 e. The minimum atomic E-state index is -0.769. The summed E-state index contributed by atoms with van der Waals surface area (Å²) < 4.78 is 4.92. The number of nitrogen functional groups attached to an aromatic ring is 1. The van der Waals surface area contributed by atoms with Crippen molar-refractivity contribution in [2.45, 2.75) is 45.2 Å². The highest BCUT2D eigenvalue weighted by molar-refractivity contribution is 5.94. The van der Waals surface area contributed by atoms with Crippen molar-refractivity contribution in [3.63, 3.8) is 0 Å². The van der Waals surface area contributed by atoms with E-state index in [2.05, 4.69) is 17.2 Å². The van der Waals surface area contributed by atoms with Crippen molar-refractivity contribution in [3.8, 4) is 0 Å². The van der Waals surface area contributed by atoms with E-state index < -0.39 is 12.1 Å². The number of amides is 2. The van der Waals surface area contributed by atoms with Gasteiger partial charge < -0.3 is 21.1 Å². The number of carbonyl (C=O) groups excluding carboxylic acids is 2. The first-order valence-corrected chi connectivity index (χ1v) is 8.65. The normalized spacial score (nSPS) is 12.5. The highest BCUT2D eigenvalue weighted by Crippen LogP contribution is 2.08. The van der Waals surface area contributed by atoms with Crippen molar-refractivity contribution in [1.82, 2.24) is 10.6 Å². The number of alkyl carbamates (subject to hydrolysis) is 1. The molecule has 1 aromatic carbocycles. The van der Waals surface area contributed by atoms with Gasteiger partial charge in [-0.3, -0.25) is 10.2 Å². The summed E-state index contributed by atoms with van der Waals surface area (Å²) in [6.07, 6.45) is 2.89. The Labute approximate surface area is 154 Å². The molecule has 0 heterocycles. The SMILES string of the molecule is C=CCOC(=O)N[C@@H](Cc1ccc(C(=N)N)cc1)C(=O)N[C@@H](C)CCC. The fourth-order valence-corrected chi connectivity index (χ4v) is 2.43. The lowest BCUT2D eigenvalue weighted by Gasteiger charge is -2.21. The van der Waals surface area contributed by atoms with Gasteiger partial charge in [0.05, 0.1) is 0 Å². The number of benzene rings is 1. The molecule has 0 bridgehead atoms. The van der Waals surface area contributed by atoms with Gasteiger partial charge in [-0.05, 0) is 18.9 Å². The lowest BCUT2D eigenvalue weighted by atomic mass is 10.0. The molecule has 0 fully saturated rings. The van der Waals surface area contributed by atoms with Crippen molar-refractivity contribution < 1.29 is 14.3 Å². The monoisotopic (exact) mass is 360 g/mol. The molecule has 0 aliphatic heterocycles. The Balaban J connectivity index is 2.84. The van der Waals surface area contributed by atoms with Crippen LogP contribution in [0.25, 0.3) is 0 Å². The third kappa shape index (κ3) is 7.38. The molecule has 1 aromatic rings. The van der Waals surface area contributed by atoms with E-state index in [1.54, 1.807) is 24.3 Å². The van der Waals surface area contributed by atoms with E-state index in [4.69, 9.17) is 15.9 Å². The molecule has 1 rings (SSSR count). The summed E-state index contributed by atoms with van der Waals surface area (Å²) in [7, 11) is 0. The van der Waals surface area contributed by atoms with Crippen molar-refractivity contribution >= 4 is 17.8 Å². The summed E-state index contributed by atoms with van der Waals surface area (Å²) in [6.45, 7) is 7.52. The molecule has 7 heteroatoms. The molecule has 0 saturated heterocycles. The standard InChI is InChI=1S/C19H28N4O3/c1-4-6-13(3)22-18(24)16(23-19(25)26-11-5-2)12-14-7-9-15(10-8-14)17(20)21/h5,7-10,13,16H,2,4,6,11-12H2,1,3H3,(H3,20,21)(H,22,24)(H,23,25)/t13-,16-/m0/s1. The summed E-state index contributed by atoms with van der Waals surface area (Å²) in [5, 5.41) is 12.9. The first-order chi connectivity index (χ1) is 12.4. The Morgan fingerprint density at radius 2 is 1.96 bits per heavy atom. The molecule has 5 N–H and O–H groups in total. The summed E-state index contributed by atoms with van der Waals surface area (Å²) in [6, 6.07) is 6.23. The van der Waals surface area contributed by atoms with Gasteiger partial charge in [-0.2, -0.15) is 0 Å². The van der Waals surface area contributed by atoms with E-state index >= 15 is 0 Å². The van der Waals surface area contributed by atoms with E-state index in [1.807, 2.05) is 13.8 Å². The maximum Gasteiger partial charge on any atom is 0.408 e. The Morgan fingerprint density at radius 1 is 1.31 bits per heavy atom. The fraction of sp³-hybridized carbons (Fsp3) is 0.421. The van der Waals surface area contributed by atoms with Crippen molar-refractivity contribution in [2.24, 2.45) is 5.73 Å². The van der Waals surface area contributed by atoms with Gasteiger partial charge in [-0.25, -0.2) is 4.79 Å². The van der Waals surface area contributed by atoms with Crippen LogP contribution in [-0.4, -0.2) is 36.5 Å². The van der Waals surface area contributed by atoms with Gasteiger partial charge in [0.1, 0.15) is 18.5 Å². The predicted octanol–water partition coefficient (Wildman–Crippen LogP) is 2.10. The van der Waals surface area contributed by atoms with Crippen LogP contribution in [0.3, 0.4) is 0 Å². The highest BCUT2D eigenvalue weighted by Gasteiger charge is 2.23. The first-order valence-electron chi connectivity index (χ1n) is 8.65. The molecule has 26 heavy (non-hydrogen) atoms. The highest BCUT2D eigenvalue weighted by atomic mass is 16.5. The van der Waals surface area contributed by atoms with Crippen LogP contribution in [0.2, 0.25) is 0 Å². The molecular formula is C19H28N4O3. The molecule has 7 nitrogen and oxygen atoms in total. The van der Waals surface area contributed by atoms with Gasteiger partial charge in [-0.15, -0.1) is 0 Å². The lowest BCUT2D eigenvalue weighted by molar-refractivity contribution is -0.123. The van der Waals surface area contributed by atoms with Crippen molar-refractivity contribution in [3.05, 3.63) is 48.0 Å². The van der Waals surface area contributed by atoms with Gasteiger partial charge in [0.2, 0.25) is 5.91 Å². The first kappa shape index (κ1) is 21.2. The minimum Gasteiger partial charge on any atom is -0.445 e. The molecule has 0 aromatic heterocycles. The van der Waals surface area contributed by atoms with Crippen molar-refractivity contribution in [1.29, 1.82) is 5.41 Å². The topological polar surface area (TPSA) is 117 Å². The quantitative estimate of drug-likeness (QED) is 0.290. The third-order valence-corrected chi connectivity index (χ3v) is 3.76. The van der Waals surface area contributed by atoms with Crippen LogP contribution < -0.4 is 16.4 Å². The molecule has 142 valence electrons. The van der Waals surface area contributed by atoms with Crippen LogP contribution >= 0.6 is 0 Å². The Morgan fingerprint density at radius 3 is 2.50 bits per heavy atom. The van der Waals surface area contributed by atoms with Crippen LogP contribution in [0.15, 0.2) is 36.9 Å². The fourth-order valence-electron chi connectivity index (χ4n) is 2.43. The Hall–Kier alpha value is -2.83. The van der Waals surface area contributed by atoms with E-state index in [1.165, 1.54) is 6.08 Å². The molecule has 0 unspecified atom stereocenters. The average molecular weight is 360 g/mol. The summed E-state index contributed by atoms with van der Waals surface area (Å²) in [4.78, 5) is 24.4. The maximum atomic E-state index is 12.6. The molecular weight excluding hydrogens is 332 g/mol. The number of rotatable bonds is 10. The average Bonchev–Trinajstić information content (AvgIpc) is 2.60. The van der Waals surface area contributed by atoms with Gasteiger partial charge in [0, 0.05) is 18.0 Å². The third-order valence-electron chi connectivity index (χ3n) is 3.76. The van der Waals surface area contributed by atoms with Gasteiger partial charge >= 0.3 is 6.09 Å². The van der Waals surface area contributed by atoms with Crippen LogP contribution in [0, 0.1) is 5.41 Å². The molecule has 0 spiro atoms. The van der Waals surface area contributed by atoms with Gasteiger partial charge in [-0.1, -0.05) is 50.3 Å². The van der Waals surface area contributed by atoms with E-state index in [-0.39, 0.29) is 24.4 Å². The molecule has 0 saturated carbocycles. The Kier molecular flexibility index (Phi) is 8.91. The number of carbonyl (C=O) groups is 2. The minimum absolute atomic E-state index is 0.0149. The van der Waals surface area contributed by atoms with E-state index in [9.17, 15) is 9.59 Å². The van der Waals surface area contributed by atoms with Crippen LogP contribution in [0.1, 0.15) is 37.8 Å².